The molecule has 206 valence electrons. The first-order chi connectivity index (χ1) is 17.2. The molecule has 2 saturated heterocycles. The van der Waals surface area contributed by atoms with Crippen molar-refractivity contribution in [2.75, 3.05) is 12.8 Å². The molecule has 6 aliphatic rings. The van der Waals surface area contributed by atoms with E-state index in [1.807, 2.05) is 0 Å². The summed E-state index contributed by atoms with van der Waals surface area (Å²) in [5, 5.41) is 37.0. The predicted molar refractivity (Wildman–Crippen MR) is 142 cm³/mol. The van der Waals surface area contributed by atoms with E-state index in [4.69, 9.17) is 16.3 Å². The van der Waals surface area contributed by atoms with Crippen LogP contribution in [0, 0.1) is 29.1 Å². The van der Waals surface area contributed by atoms with Crippen LogP contribution in [0.1, 0.15) is 71.1 Å². The van der Waals surface area contributed by atoms with E-state index >= 15 is 0 Å². The molecule has 0 aromatic rings. The normalized spacial score (nSPS) is 47.9. The lowest BCUT2D eigenvalue weighted by Crippen LogP contribution is -2.65. The first-order valence-electron chi connectivity index (χ1n) is 14.1. The molecule has 2 heterocycles. The highest BCUT2D eigenvalue weighted by Gasteiger charge is 2.55. The molecular weight excluding hydrogens is 500 g/mol. The van der Waals surface area contributed by atoms with Gasteiger partial charge in [-0.05, 0) is 113 Å². The van der Waals surface area contributed by atoms with Gasteiger partial charge in [0.15, 0.2) is 0 Å². The Balaban J connectivity index is 1.14. The number of halogens is 1. The van der Waals surface area contributed by atoms with Crippen LogP contribution in [0.3, 0.4) is 0 Å². The molecule has 9 heteroatoms. The molecule has 4 bridgehead atoms. The third kappa shape index (κ3) is 5.47. The first kappa shape index (κ1) is 27.5. The molecule has 0 aromatic heterocycles. The number of nitrogens with one attached hydrogen (secondary N) is 2. The van der Waals surface area contributed by atoms with Crippen molar-refractivity contribution >= 4 is 29.3 Å². The number of rotatable bonds is 8. The zero-order valence-electron chi connectivity index (χ0n) is 21.7. The minimum Gasteiger partial charge on any atom is -0.388 e. The summed E-state index contributed by atoms with van der Waals surface area (Å²) in [7, 11) is 0. The number of aliphatic hydroxyl groups is 3. The van der Waals surface area contributed by atoms with Gasteiger partial charge in [-0.15, -0.1) is 23.4 Å². The topological polar surface area (TPSA) is 111 Å². The molecule has 0 spiro atoms. The summed E-state index contributed by atoms with van der Waals surface area (Å²) in [5.41, 5.74) is -0.0747. The molecular formula is C27H45ClN2O5S. The van der Waals surface area contributed by atoms with E-state index in [2.05, 4.69) is 10.6 Å². The molecule has 0 radical (unpaired) electrons. The van der Waals surface area contributed by atoms with Crippen LogP contribution < -0.4 is 10.6 Å². The Labute approximate surface area is 224 Å². The molecule has 1 amide bonds. The summed E-state index contributed by atoms with van der Waals surface area (Å²) in [6.07, 6.45) is 9.92. The predicted octanol–water partition coefficient (Wildman–Crippen LogP) is 2.63. The van der Waals surface area contributed by atoms with Gasteiger partial charge in [-0.2, -0.15) is 0 Å². The summed E-state index contributed by atoms with van der Waals surface area (Å²) in [5.74, 6) is 3.56. The van der Waals surface area contributed by atoms with Gasteiger partial charge in [0.2, 0.25) is 5.91 Å². The summed E-state index contributed by atoms with van der Waals surface area (Å²) in [4.78, 5) is 13.3. The van der Waals surface area contributed by atoms with Gasteiger partial charge in [0.25, 0.3) is 0 Å². The fraction of sp³-hybridized carbons (Fsp3) is 0.963. The summed E-state index contributed by atoms with van der Waals surface area (Å²) >= 11 is 7.69. The van der Waals surface area contributed by atoms with Crippen LogP contribution in [0.4, 0.5) is 0 Å². The summed E-state index contributed by atoms with van der Waals surface area (Å²) in [6, 6.07) is -1.00. The fourth-order valence-corrected chi connectivity index (χ4v) is 9.39. The molecule has 6 fully saturated rings. The smallest absolute Gasteiger partial charge is 0.237 e. The van der Waals surface area contributed by atoms with E-state index in [0.29, 0.717) is 11.3 Å². The maximum atomic E-state index is 13.3. The van der Waals surface area contributed by atoms with Crippen molar-refractivity contribution in [1.82, 2.24) is 10.6 Å². The maximum Gasteiger partial charge on any atom is 0.237 e. The first-order valence-corrected chi connectivity index (χ1v) is 15.8. The van der Waals surface area contributed by atoms with Crippen LogP contribution in [0.15, 0.2) is 0 Å². The minimum atomic E-state index is -1.36. The van der Waals surface area contributed by atoms with Crippen molar-refractivity contribution in [3.63, 3.8) is 0 Å². The number of alkyl halides is 1. The Kier molecular flexibility index (Phi) is 8.54. The average molecular weight is 545 g/mol. The third-order valence-corrected chi connectivity index (χ3v) is 11.4. The van der Waals surface area contributed by atoms with Crippen LogP contribution in [-0.2, 0) is 9.53 Å². The van der Waals surface area contributed by atoms with Crippen molar-refractivity contribution in [2.24, 2.45) is 29.1 Å². The van der Waals surface area contributed by atoms with Gasteiger partial charge in [0, 0.05) is 0 Å². The van der Waals surface area contributed by atoms with Crippen LogP contribution in [0.5, 0.6) is 0 Å². The highest BCUT2D eigenvalue weighted by Crippen LogP contribution is 2.65. The van der Waals surface area contributed by atoms with Gasteiger partial charge >= 0.3 is 0 Å². The van der Waals surface area contributed by atoms with Crippen molar-refractivity contribution in [3.05, 3.63) is 0 Å². The van der Waals surface area contributed by atoms with Gasteiger partial charge < -0.3 is 30.7 Å². The van der Waals surface area contributed by atoms with Crippen LogP contribution in [-0.4, -0.2) is 81.3 Å². The lowest BCUT2D eigenvalue weighted by atomic mass is 9.66. The SMILES string of the molecule is CSC1O[C@H]([C@H](NC(=O)[C@@H]2CC[C@H](CCC34CC5CC(C3)C(C5)C4)CCN2)[C@H](C)Cl)C(O)C(O)[C@H]1O. The van der Waals surface area contributed by atoms with Crippen molar-refractivity contribution in [3.8, 4) is 0 Å². The van der Waals surface area contributed by atoms with E-state index in [0.717, 1.165) is 43.6 Å². The highest BCUT2D eigenvalue weighted by atomic mass is 35.5. The van der Waals surface area contributed by atoms with E-state index in [1.165, 1.54) is 56.7 Å². The van der Waals surface area contributed by atoms with Crippen LogP contribution >= 0.6 is 23.4 Å². The maximum absolute atomic E-state index is 13.3. The standard InChI is InChI=1S/C27H45ClN2O5S/c1-14(28)20(24-22(32)21(31)23(33)26(35-24)36-2)30-25(34)19-4-3-15(6-8-29-19)5-7-27-11-16-9-17(12-27)18(10-16)13-27/h14-24,26,29,31-33H,3-13H2,1-2H3,(H,30,34)/t14-,15+,16?,17?,18?,19-,20+,21?,22?,23+,24+,26?,27?/m0/s1. The zero-order chi connectivity index (χ0) is 25.6. The molecule has 7 nitrogen and oxygen atoms in total. The number of aliphatic hydroxyl groups excluding tert-OH is 3. The largest absolute Gasteiger partial charge is 0.388 e. The summed E-state index contributed by atoms with van der Waals surface area (Å²) in [6.45, 7) is 2.57. The Morgan fingerprint density at radius 2 is 1.83 bits per heavy atom. The van der Waals surface area contributed by atoms with Gasteiger partial charge in [-0.3, -0.25) is 4.79 Å². The Bertz CT molecular complexity index is 768. The quantitative estimate of drug-likeness (QED) is 0.299. The number of hydrogen-bond donors (Lipinski definition) is 5. The average Bonchev–Trinajstić information content (AvgIpc) is 3.13. The molecule has 4 aliphatic carbocycles. The van der Waals surface area contributed by atoms with Crippen molar-refractivity contribution < 1.29 is 24.9 Å². The third-order valence-electron chi connectivity index (χ3n) is 10.3. The molecule has 5 unspecified atom stereocenters. The molecule has 2 aliphatic heterocycles. The van der Waals surface area contributed by atoms with Gasteiger partial charge in [-0.1, -0.05) is 0 Å². The molecule has 6 rings (SSSR count). The number of hydrogen-bond acceptors (Lipinski definition) is 7. The monoisotopic (exact) mass is 544 g/mol. The second kappa shape index (κ2) is 11.2. The van der Waals surface area contributed by atoms with Gasteiger partial charge in [-0.25, -0.2) is 0 Å². The number of thioether (sulfide) groups is 1. The van der Waals surface area contributed by atoms with Crippen molar-refractivity contribution in [2.45, 2.75) is 118 Å². The minimum absolute atomic E-state index is 0.144. The highest BCUT2D eigenvalue weighted by molar-refractivity contribution is 7.99. The number of ether oxygens (including phenoxy) is 1. The van der Waals surface area contributed by atoms with E-state index in [-0.39, 0.29) is 11.9 Å². The van der Waals surface area contributed by atoms with Gasteiger partial charge in [0.05, 0.1) is 17.5 Å². The molecule has 4 saturated carbocycles. The molecule has 5 N–H and O–H groups in total. The van der Waals surface area contributed by atoms with Crippen LogP contribution in [0.2, 0.25) is 0 Å². The second-order valence-electron chi connectivity index (χ2n) is 12.6. The number of carbonyl (C=O) groups is 1. The second-order valence-corrected chi connectivity index (χ2v) is 14.3. The molecule has 11 atom stereocenters. The Morgan fingerprint density at radius 1 is 1.11 bits per heavy atom. The van der Waals surface area contributed by atoms with Crippen LogP contribution in [0.25, 0.3) is 0 Å². The van der Waals surface area contributed by atoms with E-state index in [1.54, 1.807) is 13.2 Å². The summed E-state index contributed by atoms with van der Waals surface area (Å²) < 4.78 is 5.89. The van der Waals surface area contributed by atoms with Gasteiger partial charge in [0.1, 0.15) is 29.9 Å². The number of carbonyl (C=O) groups excluding carboxylic acids is 1. The van der Waals surface area contributed by atoms with E-state index in [9.17, 15) is 20.1 Å². The fourth-order valence-electron chi connectivity index (χ4n) is 8.51. The Morgan fingerprint density at radius 3 is 2.47 bits per heavy atom. The molecule has 36 heavy (non-hydrogen) atoms. The zero-order valence-corrected chi connectivity index (χ0v) is 23.2. The lowest BCUT2D eigenvalue weighted by Gasteiger charge is -2.44. The number of amides is 1. The lowest BCUT2D eigenvalue weighted by molar-refractivity contribution is -0.205. The van der Waals surface area contributed by atoms with Crippen molar-refractivity contribution in [1.29, 1.82) is 0 Å². The van der Waals surface area contributed by atoms with E-state index < -0.39 is 41.3 Å². The Hall–Kier alpha value is -0.0900. The molecule has 0 aromatic carbocycles.